The zero-order chi connectivity index (χ0) is 20.0. The van der Waals surface area contributed by atoms with E-state index in [1.807, 2.05) is 42.5 Å². The Morgan fingerprint density at radius 2 is 1.36 bits per heavy atom. The van der Waals surface area contributed by atoms with Crippen molar-refractivity contribution in [1.82, 2.24) is 0 Å². The van der Waals surface area contributed by atoms with Crippen LogP contribution in [0, 0.1) is 0 Å². The predicted molar refractivity (Wildman–Crippen MR) is 113 cm³/mol. The lowest BCUT2D eigenvalue weighted by molar-refractivity contribution is -0.115. The fraction of sp³-hybridized carbons (Fsp3) is 0.0952. The quantitative estimate of drug-likeness (QED) is 0.577. The summed E-state index contributed by atoms with van der Waals surface area (Å²) < 4.78 is 24.6. The maximum Gasteiger partial charge on any atom is 0.225 e. The van der Waals surface area contributed by atoms with E-state index in [4.69, 9.17) is 11.6 Å². The highest BCUT2D eigenvalue weighted by atomic mass is 35.5. The van der Waals surface area contributed by atoms with Gasteiger partial charge in [-0.2, -0.15) is 0 Å². The Kier molecular flexibility index (Phi) is 6.34. The van der Waals surface area contributed by atoms with Crippen LogP contribution >= 0.6 is 11.6 Å². The van der Waals surface area contributed by atoms with Crippen LogP contribution in [0.2, 0.25) is 5.02 Å². The van der Waals surface area contributed by atoms with E-state index >= 15 is 0 Å². The molecule has 1 amide bonds. The van der Waals surface area contributed by atoms with Crippen LogP contribution in [0.4, 0.5) is 17.1 Å². The molecule has 0 bridgehead atoms. The van der Waals surface area contributed by atoms with Crippen LogP contribution in [0.1, 0.15) is 6.42 Å². The molecular formula is C21H19ClN2O3S. The number of benzene rings is 3. The summed E-state index contributed by atoms with van der Waals surface area (Å²) in [5, 5.41) is 6.42. The maximum atomic E-state index is 12.3. The third-order valence-electron chi connectivity index (χ3n) is 4.00. The van der Waals surface area contributed by atoms with Crippen molar-refractivity contribution in [2.45, 2.75) is 11.3 Å². The van der Waals surface area contributed by atoms with Gasteiger partial charge in [-0.1, -0.05) is 29.8 Å². The van der Waals surface area contributed by atoms with Crippen molar-refractivity contribution < 1.29 is 13.2 Å². The van der Waals surface area contributed by atoms with Crippen molar-refractivity contribution in [2.24, 2.45) is 0 Å². The first-order valence-electron chi connectivity index (χ1n) is 8.63. The van der Waals surface area contributed by atoms with Gasteiger partial charge in [0.25, 0.3) is 0 Å². The summed E-state index contributed by atoms with van der Waals surface area (Å²) >= 11 is 5.77. The van der Waals surface area contributed by atoms with Crippen LogP contribution in [0.25, 0.3) is 0 Å². The summed E-state index contributed by atoms with van der Waals surface area (Å²) in [6.07, 6.45) is -0.130. The molecule has 5 nitrogen and oxygen atoms in total. The molecule has 0 atom stereocenters. The van der Waals surface area contributed by atoms with Gasteiger partial charge in [0.05, 0.1) is 10.6 Å². The Morgan fingerprint density at radius 1 is 0.786 bits per heavy atom. The van der Waals surface area contributed by atoms with Crippen molar-refractivity contribution >= 4 is 44.4 Å². The normalized spacial score (nSPS) is 11.0. The molecule has 0 saturated carbocycles. The van der Waals surface area contributed by atoms with Gasteiger partial charge in [-0.25, -0.2) is 8.42 Å². The fourth-order valence-corrected chi connectivity index (χ4v) is 3.90. The molecule has 0 heterocycles. The number of sulfone groups is 1. The summed E-state index contributed by atoms with van der Waals surface area (Å²) in [6.45, 7) is 0. The van der Waals surface area contributed by atoms with E-state index in [2.05, 4.69) is 10.6 Å². The minimum Gasteiger partial charge on any atom is -0.356 e. The van der Waals surface area contributed by atoms with Gasteiger partial charge < -0.3 is 10.6 Å². The number of carbonyl (C=O) groups excluding carboxylic acids is 1. The number of hydrogen-bond donors (Lipinski definition) is 2. The van der Waals surface area contributed by atoms with Crippen molar-refractivity contribution in [3.8, 4) is 0 Å². The van der Waals surface area contributed by atoms with E-state index < -0.39 is 9.84 Å². The fourth-order valence-electron chi connectivity index (χ4n) is 2.54. The number of nitrogens with one attached hydrogen (secondary N) is 2. The Morgan fingerprint density at radius 3 is 2.00 bits per heavy atom. The Hall–Kier alpha value is -2.83. The molecule has 2 N–H and O–H groups in total. The standard InChI is InChI=1S/C21H19ClN2O3S/c22-16-6-12-20(13-7-16)28(26,27)15-14-21(25)24-19-10-8-18(9-11-19)23-17-4-2-1-3-5-17/h1-13,23H,14-15H2,(H,24,25). The van der Waals surface area contributed by atoms with Crippen LogP contribution in [-0.2, 0) is 14.6 Å². The molecule has 0 aliphatic heterocycles. The first kappa shape index (κ1) is 19.9. The molecule has 0 aliphatic carbocycles. The molecular weight excluding hydrogens is 396 g/mol. The minimum absolute atomic E-state index is 0.130. The average molecular weight is 415 g/mol. The molecule has 0 aliphatic rings. The van der Waals surface area contributed by atoms with Gasteiger partial charge in [-0.15, -0.1) is 0 Å². The van der Waals surface area contributed by atoms with Crippen molar-refractivity contribution in [1.29, 1.82) is 0 Å². The van der Waals surface area contributed by atoms with Gasteiger partial charge >= 0.3 is 0 Å². The van der Waals surface area contributed by atoms with Crippen LogP contribution in [0.3, 0.4) is 0 Å². The number of anilines is 3. The molecule has 0 radical (unpaired) electrons. The van der Waals surface area contributed by atoms with Crippen LogP contribution in [-0.4, -0.2) is 20.1 Å². The van der Waals surface area contributed by atoms with E-state index in [-0.39, 0.29) is 23.0 Å². The van der Waals surface area contributed by atoms with E-state index in [0.29, 0.717) is 10.7 Å². The van der Waals surface area contributed by atoms with Crippen molar-refractivity contribution in [2.75, 3.05) is 16.4 Å². The molecule has 3 rings (SSSR count). The minimum atomic E-state index is -3.54. The molecule has 7 heteroatoms. The topological polar surface area (TPSA) is 75.3 Å². The summed E-state index contributed by atoms with van der Waals surface area (Å²) in [7, 11) is -3.54. The molecule has 0 aromatic heterocycles. The molecule has 144 valence electrons. The zero-order valence-electron chi connectivity index (χ0n) is 14.9. The number of carbonyl (C=O) groups is 1. The highest BCUT2D eigenvalue weighted by Crippen LogP contribution is 2.19. The Labute approximate surface area is 169 Å². The summed E-state index contributed by atoms with van der Waals surface area (Å²) in [6, 6.07) is 22.8. The second-order valence-electron chi connectivity index (χ2n) is 6.14. The second kappa shape index (κ2) is 8.91. The van der Waals surface area contributed by atoms with Gasteiger partial charge in [-0.05, 0) is 60.7 Å². The van der Waals surface area contributed by atoms with Gasteiger partial charge in [0.2, 0.25) is 5.91 Å². The van der Waals surface area contributed by atoms with Crippen LogP contribution < -0.4 is 10.6 Å². The number of amides is 1. The van der Waals surface area contributed by atoms with Crippen LogP contribution in [0.15, 0.2) is 83.8 Å². The summed E-state index contributed by atoms with van der Waals surface area (Å²) in [4.78, 5) is 12.3. The molecule has 3 aromatic rings. The second-order valence-corrected chi connectivity index (χ2v) is 8.68. The molecule has 28 heavy (non-hydrogen) atoms. The highest BCUT2D eigenvalue weighted by Gasteiger charge is 2.16. The van der Waals surface area contributed by atoms with Gasteiger partial charge in [0, 0.05) is 28.5 Å². The predicted octanol–water partition coefficient (Wildman–Crippen LogP) is 4.89. The molecule has 0 spiro atoms. The first-order valence-corrected chi connectivity index (χ1v) is 10.7. The largest absolute Gasteiger partial charge is 0.356 e. The lowest BCUT2D eigenvalue weighted by atomic mass is 10.2. The van der Waals surface area contributed by atoms with E-state index in [1.54, 1.807) is 12.1 Å². The van der Waals surface area contributed by atoms with Gasteiger partial charge in [0.1, 0.15) is 0 Å². The van der Waals surface area contributed by atoms with E-state index in [9.17, 15) is 13.2 Å². The summed E-state index contributed by atoms with van der Waals surface area (Å²) in [5.41, 5.74) is 2.45. The zero-order valence-corrected chi connectivity index (χ0v) is 16.5. The number of rotatable bonds is 7. The Balaban J connectivity index is 1.54. The lowest BCUT2D eigenvalue weighted by Crippen LogP contribution is -2.17. The highest BCUT2D eigenvalue weighted by molar-refractivity contribution is 7.91. The van der Waals surface area contributed by atoms with Crippen LogP contribution in [0.5, 0.6) is 0 Å². The van der Waals surface area contributed by atoms with Crippen molar-refractivity contribution in [3.05, 3.63) is 83.9 Å². The first-order chi connectivity index (χ1) is 13.4. The smallest absolute Gasteiger partial charge is 0.225 e. The molecule has 3 aromatic carbocycles. The van der Waals surface area contributed by atoms with Gasteiger partial charge in [0.15, 0.2) is 9.84 Å². The third kappa shape index (κ3) is 5.58. The number of halogens is 1. The third-order valence-corrected chi connectivity index (χ3v) is 5.99. The molecule has 0 fully saturated rings. The Bertz CT molecular complexity index is 1040. The van der Waals surface area contributed by atoms with Gasteiger partial charge in [-0.3, -0.25) is 4.79 Å². The number of para-hydroxylation sites is 1. The van der Waals surface area contributed by atoms with E-state index in [1.165, 1.54) is 24.3 Å². The lowest BCUT2D eigenvalue weighted by Gasteiger charge is -2.09. The molecule has 0 unspecified atom stereocenters. The monoisotopic (exact) mass is 414 g/mol. The molecule has 0 saturated heterocycles. The maximum absolute atomic E-state index is 12.3. The van der Waals surface area contributed by atoms with Crippen molar-refractivity contribution in [3.63, 3.8) is 0 Å². The number of hydrogen-bond acceptors (Lipinski definition) is 4. The summed E-state index contributed by atoms with van der Waals surface area (Å²) in [5.74, 6) is -0.630. The SMILES string of the molecule is O=C(CCS(=O)(=O)c1ccc(Cl)cc1)Nc1ccc(Nc2ccccc2)cc1. The average Bonchev–Trinajstić information content (AvgIpc) is 2.69. The van der Waals surface area contributed by atoms with E-state index in [0.717, 1.165) is 11.4 Å².